The lowest BCUT2D eigenvalue weighted by molar-refractivity contribution is 0.280. The standard InChI is InChI=1S/C20H24FN7O2.ClH/c1-14(15-2-4-16(21)5-3-15)24-20-26-17(25-18-13-22-6-7-23-18)12-19(27-20)28(8-10-29)9-11-30;/h2-7,12-14,29-30H,8-11H2,1H3,(H2,23,24,25,26,27);1H/t14-;/m0./s1. The van der Waals surface area contributed by atoms with Crippen LogP contribution in [0, 0.1) is 5.82 Å². The van der Waals surface area contributed by atoms with Gasteiger partial charge in [0.15, 0.2) is 0 Å². The largest absolute Gasteiger partial charge is 0.395 e. The lowest BCUT2D eigenvalue weighted by Crippen LogP contribution is -2.31. The monoisotopic (exact) mass is 449 g/mol. The summed E-state index contributed by atoms with van der Waals surface area (Å²) in [6.45, 7) is 2.33. The first kappa shape index (κ1) is 24.2. The first-order chi connectivity index (χ1) is 14.6. The SMILES string of the molecule is C[C@H](Nc1nc(Nc2cnccn2)cc(N(CCO)CCO)n1)c1ccc(F)cc1.Cl. The van der Waals surface area contributed by atoms with Crippen LogP contribution in [0.3, 0.4) is 0 Å². The molecule has 31 heavy (non-hydrogen) atoms. The van der Waals surface area contributed by atoms with Gasteiger partial charge in [0.05, 0.1) is 25.5 Å². The zero-order chi connectivity index (χ0) is 21.3. The number of rotatable bonds is 10. The van der Waals surface area contributed by atoms with Crippen molar-refractivity contribution in [2.24, 2.45) is 0 Å². The maximum atomic E-state index is 13.2. The molecule has 2 heterocycles. The summed E-state index contributed by atoms with van der Waals surface area (Å²) in [4.78, 5) is 19.0. The summed E-state index contributed by atoms with van der Waals surface area (Å²) in [6, 6.07) is 7.70. The van der Waals surface area contributed by atoms with Crippen LogP contribution < -0.4 is 15.5 Å². The molecule has 0 aliphatic heterocycles. The minimum Gasteiger partial charge on any atom is -0.395 e. The Kier molecular flexibility index (Phi) is 9.32. The third-order valence-electron chi connectivity index (χ3n) is 4.31. The van der Waals surface area contributed by atoms with Gasteiger partial charge >= 0.3 is 0 Å². The minimum atomic E-state index is -0.302. The third kappa shape index (κ3) is 6.99. The number of benzene rings is 1. The molecule has 4 N–H and O–H groups in total. The molecular weight excluding hydrogens is 425 g/mol. The van der Waals surface area contributed by atoms with Crippen molar-refractivity contribution in [3.63, 3.8) is 0 Å². The summed E-state index contributed by atoms with van der Waals surface area (Å²) in [5.41, 5.74) is 0.872. The normalized spacial score (nSPS) is 11.4. The van der Waals surface area contributed by atoms with Crippen LogP contribution in [0.2, 0.25) is 0 Å². The Labute approximate surface area is 185 Å². The Morgan fingerprint density at radius 3 is 2.35 bits per heavy atom. The van der Waals surface area contributed by atoms with Gasteiger partial charge in [-0.15, -0.1) is 12.4 Å². The molecule has 0 saturated carbocycles. The zero-order valence-corrected chi connectivity index (χ0v) is 17.8. The smallest absolute Gasteiger partial charge is 0.227 e. The quantitative estimate of drug-likeness (QED) is 0.370. The molecule has 0 unspecified atom stereocenters. The van der Waals surface area contributed by atoms with E-state index in [1.807, 2.05) is 6.92 Å². The van der Waals surface area contributed by atoms with Crippen LogP contribution in [0.4, 0.5) is 27.8 Å². The van der Waals surface area contributed by atoms with Crippen LogP contribution in [0.15, 0.2) is 48.9 Å². The molecule has 2 aromatic heterocycles. The maximum Gasteiger partial charge on any atom is 0.227 e. The lowest BCUT2D eigenvalue weighted by atomic mass is 10.1. The molecule has 0 bridgehead atoms. The highest BCUT2D eigenvalue weighted by atomic mass is 35.5. The van der Waals surface area contributed by atoms with Gasteiger partial charge in [-0.1, -0.05) is 12.1 Å². The van der Waals surface area contributed by atoms with Gasteiger partial charge in [0.25, 0.3) is 0 Å². The topological polar surface area (TPSA) is 119 Å². The fourth-order valence-corrected chi connectivity index (χ4v) is 2.83. The molecule has 0 aliphatic carbocycles. The van der Waals surface area contributed by atoms with Crippen molar-refractivity contribution in [2.45, 2.75) is 13.0 Å². The van der Waals surface area contributed by atoms with Crippen molar-refractivity contribution in [1.82, 2.24) is 19.9 Å². The summed E-state index contributed by atoms with van der Waals surface area (Å²) in [5.74, 6) is 1.53. The van der Waals surface area contributed by atoms with E-state index in [2.05, 4.69) is 30.6 Å². The van der Waals surface area contributed by atoms with Crippen LogP contribution in [-0.4, -0.2) is 56.5 Å². The van der Waals surface area contributed by atoms with Crippen LogP contribution in [0.5, 0.6) is 0 Å². The van der Waals surface area contributed by atoms with Gasteiger partial charge in [0.1, 0.15) is 23.3 Å². The van der Waals surface area contributed by atoms with Gasteiger partial charge in [-0.2, -0.15) is 9.97 Å². The van der Waals surface area contributed by atoms with E-state index in [4.69, 9.17) is 0 Å². The minimum absolute atomic E-state index is 0. The van der Waals surface area contributed by atoms with E-state index >= 15 is 0 Å². The molecule has 9 nitrogen and oxygen atoms in total. The number of aliphatic hydroxyl groups is 2. The van der Waals surface area contributed by atoms with Gasteiger partial charge in [-0.3, -0.25) is 4.98 Å². The van der Waals surface area contributed by atoms with Crippen molar-refractivity contribution < 1.29 is 14.6 Å². The molecule has 0 fully saturated rings. The summed E-state index contributed by atoms with van der Waals surface area (Å²) in [6.07, 6.45) is 4.69. The van der Waals surface area contributed by atoms with Gasteiger partial charge in [0, 0.05) is 31.5 Å². The highest BCUT2D eigenvalue weighted by Crippen LogP contribution is 2.23. The van der Waals surface area contributed by atoms with E-state index in [1.54, 1.807) is 41.7 Å². The van der Waals surface area contributed by atoms with Gasteiger partial charge in [-0.05, 0) is 24.6 Å². The van der Waals surface area contributed by atoms with E-state index in [0.29, 0.717) is 36.5 Å². The number of hydrogen-bond donors (Lipinski definition) is 4. The van der Waals surface area contributed by atoms with E-state index in [1.165, 1.54) is 12.1 Å². The zero-order valence-electron chi connectivity index (χ0n) is 16.9. The molecule has 0 amide bonds. The van der Waals surface area contributed by atoms with Crippen molar-refractivity contribution in [2.75, 3.05) is 41.8 Å². The Balaban J connectivity index is 0.00000341. The third-order valence-corrected chi connectivity index (χ3v) is 4.31. The van der Waals surface area contributed by atoms with Gasteiger partial charge < -0.3 is 25.7 Å². The van der Waals surface area contributed by atoms with Crippen LogP contribution in [0.25, 0.3) is 0 Å². The Morgan fingerprint density at radius 1 is 1.03 bits per heavy atom. The number of anilines is 4. The predicted octanol–water partition coefficient (Wildman–Crippen LogP) is 2.54. The molecule has 1 aromatic carbocycles. The van der Waals surface area contributed by atoms with E-state index < -0.39 is 0 Å². The number of halogens is 2. The highest BCUT2D eigenvalue weighted by molar-refractivity contribution is 5.85. The molecule has 0 radical (unpaired) electrons. The summed E-state index contributed by atoms with van der Waals surface area (Å²) in [7, 11) is 0. The van der Waals surface area contributed by atoms with Crippen molar-refractivity contribution in [1.29, 1.82) is 0 Å². The Bertz CT molecular complexity index is 929. The average molecular weight is 450 g/mol. The van der Waals surface area contributed by atoms with Crippen LogP contribution in [0.1, 0.15) is 18.5 Å². The average Bonchev–Trinajstić information content (AvgIpc) is 2.74. The molecule has 3 rings (SSSR count). The summed E-state index contributed by atoms with van der Waals surface area (Å²) in [5, 5.41) is 25.0. The van der Waals surface area contributed by atoms with Crippen molar-refractivity contribution >= 4 is 35.8 Å². The van der Waals surface area contributed by atoms with E-state index in [9.17, 15) is 14.6 Å². The number of aliphatic hydroxyl groups excluding tert-OH is 2. The predicted molar refractivity (Wildman–Crippen MR) is 119 cm³/mol. The molecule has 166 valence electrons. The number of nitrogens with one attached hydrogen (secondary N) is 2. The second-order valence-electron chi connectivity index (χ2n) is 6.50. The fraction of sp³-hybridized carbons (Fsp3) is 0.300. The molecular formula is C20H25ClFN7O2. The van der Waals surface area contributed by atoms with E-state index in [-0.39, 0.29) is 37.5 Å². The Morgan fingerprint density at radius 2 is 1.74 bits per heavy atom. The summed E-state index contributed by atoms with van der Waals surface area (Å²) < 4.78 is 13.2. The van der Waals surface area contributed by atoms with Crippen LogP contribution >= 0.6 is 12.4 Å². The maximum absolute atomic E-state index is 13.2. The number of aromatic nitrogens is 4. The number of nitrogens with zero attached hydrogens (tertiary/aromatic N) is 5. The summed E-state index contributed by atoms with van der Waals surface area (Å²) >= 11 is 0. The Hall–Kier alpha value is -3.08. The molecule has 3 aromatic rings. The van der Waals surface area contributed by atoms with Gasteiger partial charge in [0.2, 0.25) is 5.95 Å². The molecule has 0 spiro atoms. The van der Waals surface area contributed by atoms with Gasteiger partial charge in [-0.25, -0.2) is 9.37 Å². The second-order valence-corrected chi connectivity index (χ2v) is 6.50. The van der Waals surface area contributed by atoms with Crippen molar-refractivity contribution in [3.05, 3.63) is 60.3 Å². The molecule has 11 heteroatoms. The fourth-order valence-electron chi connectivity index (χ4n) is 2.83. The second kappa shape index (κ2) is 11.9. The molecule has 0 saturated heterocycles. The first-order valence-electron chi connectivity index (χ1n) is 9.50. The lowest BCUT2D eigenvalue weighted by Gasteiger charge is -2.23. The first-order valence-corrected chi connectivity index (χ1v) is 9.50. The van der Waals surface area contributed by atoms with Crippen LogP contribution in [-0.2, 0) is 0 Å². The molecule has 1 atom stereocenters. The number of hydrogen-bond acceptors (Lipinski definition) is 9. The molecule has 0 aliphatic rings. The van der Waals surface area contributed by atoms with Crippen molar-refractivity contribution in [3.8, 4) is 0 Å². The van der Waals surface area contributed by atoms with E-state index in [0.717, 1.165) is 5.56 Å². The highest BCUT2D eigenvalue weighted by Gasteiger charge is 2.14.